The number of nitrogens with one attached hydrogen (secondary N) is 1. The molecule has 35 heavy (non-hydrogen) atoms. The zero-order valence-corrected chi connectivity index (χ0v) is 19.7. The Kier molecular flexibility index (Phi) is 7.33. The fourth-order valence-corrected chi connectivity index (χ4v) is 3.86. The summed E-state index contributed by atoms with van der Waals surface area (Å²) in [4.78, 5) is 27.4. The number of aromatic nitrogens is 1. The minimum absolute atomic E-state index is 0.270. The number of H-pyrrole nitrogens is 1. The largest absolute Gasteiger partial charge is 0.481 e. The molecule has 0 aromatic carbocycles. The van der Waals surface area contributed by atoms with Gasteiger partial charge in [-0.25, -0.2) is 15.0 Å². The fourth-order valence-electron chi connectivity index (χ4n) is 3.86. The molecule has 5 N–H and O–H groups in total. The predicted octanol–water partition coefficient (Wildman–Crippen LogP) is 3.71. The molecule has 1 aromatic rings. The van der Waals surface area contributed by atoms with Crippen LogP contribution < -0.4 is 5.73 Å². The highest BCUT2D eigenvalue weighted by molar-refractivity contribution is 6.13. The lowest BCUT2D eigenvalue weighted by atomic mass is 9.98. The number of aliphatic carboxylic acids is 1. The lowest BCUT2D eigenvalue weighted by Crippen LogP contribution is -2.37. The van der Waals surface area contributed by atoms with Crippen LogP contribution in [0.4, 0.5) is 0 Å². The van der Waals surface area contributed by atoms with Crippen molar-refractivity contribution in [2.24, 2.45) is 26.6 Å². The van der Waals surface area contributed by atoms with E-state index in [0.29, 0.717) is 12.3 Å². The molecule has 2 atom stereocenters. The second kappa shape index (κ2) is 10.6. The van der Waals surface area contributed by atoms with Gasteiger partial charge in [0.25, 0.3) is 0 Å². The molecule has 0 aliphatic carbocycles. The number of aromatic amines is 1. The molecule has 5 rings (SSSR count). The van der Waals surface area contributed by atoms with E-state index in [0.717, 1.165) is 45.6 Å². The Labute approximate surface area is 204 Å². The molecule has 180 valence electrons. The lowest BCUT2D eigenvalue weighted by molar-refractivity contribution is -0.139. The molecule has 0 saturated carbocycles. The zero-order valence-electron chi connectivity index (χ0n) is 19.7. The van der Waals surface area contributed by atoms with E-state index < -0.39 is 18.1 Å². The normalized spacial score (nSPS) is 18.9. The second-order valence-corrected chi connectivity index (χ2v) is 9.06. The number of nitrogens with two attached hydrogens (primary N) is 1. The number of hydrogen-bond acceptors (Lipinski definition) is 6. The summed E-state index contributed by atoms with van der Waals surface area (Å²) >= 11 is 0. The first kappa shape index (κ1) is 24.3. The van der Waals surface area contributed by atoms with Gasteiger partial charge in [0.1, 0.15) is 0 Å². The summed E-state index contributed by atoms with van der Waals surface area (Å²) in [5.41, 5.74) is 13.1. The number of fused-ring (bicyclic) bond motifs is 6. The van der Waals surface area contributed by atoms with Crippen LogP contribution in [0.2, 0.25) is 0 Å². The first-order valence-electron chi connectivity index (χ1n) is 11.6. The first-order chi connectivity index (χ1) is 16.7. The van der Waals surface area contributed by atoms with E-state index in [1.807, 2.05) is 80.7 Å². The number of carbonyl (C=O) groups is 1. The lowest BCUT2D eigenvalue weighted by Gasteiger charge is -2.18. The molecule has 8 heteroatoms. The van der Waals surface area contributed by atoms with Gasteiger partial charge in [0.2, 0.25) is 0 Å². The molecule has 4 aliphatic rings. The van der Waals surface area contributed by atoms with Gasteiger partial charge in [-0.05, 0) is 79.2 Å². The minimum atomic E-state index is -1.01. The van der Waals surface area contributed by atoms with Crippen molar-refractivity contribution in [2.75, 3.05) is 0 Å². The average Bonchev–Trinajstić information content (AvgIpc) is 3.57. The van der Waals surface area contributed by atoms with Gasteiger partial charge in [0.05, 0.1) is 52.4 Å². The monoisotopic (exact) mass is 471 g/mol. The Morgan fingerprint density at radius 1 is 0.914 bits per heavy atom. The number of nitrogens with zero attached hydrogens (tertiary/aromatic N) is 3. The molecule has 8 bridgehead atoms. The second-order valence-electron chi connectivity index (χ2n) is 9.06. The van der Waals surface area contributed by atoms with Gasteiger partial charge >= 0.3 is 5.97 Å². The number of aliphatic hydroxyl groups excluding tert-OH is 1. The molecule has 1 aromatic heterocycles. The van der Waals surface area contributed by atoms with Crippen molar-refractivity contribution in [3.63, 3.8) is 0 Å². The highest BCUT2D eigenvalue weighted by Crippen LogP contribution is 2.21. The highest BCUT2D eigenvalue weighted by atomic mass is 16.4. The van der Waals surface area contributed by atoms with Gasteiger partial charge < -0.3 is 20.9 Å². The number of aliphatic hydroxyl groups is 1. The van der Waals surface area contributed by atoms with Crippen molar-refractivity contribution in [3.05, 3.63) is 89.2 Å². The predicted molar refractivity (Wildman–Crippen MR) is 139 cm³/mol. The van der Waals surface area contributed by atoms with Crippen LogP contribution in [0.1, 0.15) is 38.1 Å². The number of carboxylic acids is 1. The topological polar surface area (TPSA) is 136 Å². The molecule has 0 amide bonds. The molecule has 0 unspecified atom stereocenters. The molecule has 0 spiro atoms. The first-order valence-corrected chi connectivity index (χ1v) is 11.6. The van der Waals surface area contributed by atoms with Crippen LogP contribution >= 0.6 is 0 Å². The van der Waals surface area contributed by atoms with Gasteiger partial charge in [0, 0.05) is 11.7 Å². The van der Waals surface area contributed by atoms with Gasteiger partial charge in [-0.1, -0.05) is 13.8 Å². The maximum absolute atomic E-state index is 10.2. The van der Waals surface area contributed by atoms with Crippen molar-refractivity contribution < 1.29 is 15.0 Å². The number of aliphatic imine (C=N–C) groups is 3. The van der Waals surface area contributed by atoms with Crippen LogP contribution in [-0.2, 0) is 4.79 Å². The van der Waals surface area contributed by atoms with Crippen molar-refractivity contribution in [3.8, 4) is 0 Å². The van der Waals surface area contributed by atoms with Gasteiger partial charge in [-0.3, -0.25) is 4.79 Å². The standard InChI is InChI=1S/C19H12N4.C8H17NO3/c1-3-14-10-16-5-7-18(22-16)19-8-6-17(23-19)11-15-4-2-13(21-15)9-12(1)20-14;1-5(2)3-6(9)7(10)4-8(11)12/h1-11,22H;5-7,10H,3-4,9H2,1-2H3,(H,11,12)/t;6-,7-/m.0/s1. The molecule has 0 fully saturated rings. The van der Waals surface area contributed by atoms with E-state index in [-0.39, 0.29) is 6.42 Å². The Morgan fingerprint density at radius 3 is 2.14 bits per heavy atom. The zero-order chi connectivity index (χ0) is 24.9. The molecule has 5 heterocycles. The van der Waals surface area contributed by atoms with E-state index in [1.54, 1.807) is 0 Å². The maximum atomic E-state index is 10.2. The number of carboxylic acid groups (broad SMARTS) is 1. The smallest absolute Gasteiger partial charge is 0.306 e. The number of hydrogen-bond donors (Lipinski definition) is 4. The van der Waals surface area contributed by atoms with Gasteiger partial charge in [-0.2, -0.15) is 0 Å². The Morgan fingerprint density at radius 2 is 1.51 bits per heavy atom. The summed E-state index contributed by atoms with van der Waals surface area (Å²) in [5, 5.41) is 17.6. The Hall–Kier alpha value is -3.88. The number of rotatable bonds is 5. The van der Waals surface area contributed by atoms with Crippen LogP contribution in [-0.4, -0.2) is 50.4 Å². The van der Waals surface area contributed by atoms with Gasteiger partial charge in [0.15, 0.2) is 0 Å². The van der Waals surface area contributed by atoms with Crippen LogP contribution in [0.5, 0.6) is 0 Å². The maximum Gasteiger partial charge on any atom is 0.306 e. The van der Waals surface area contributed by atoms with E-state index >= 15 is 0 Å². The summed E-state index contributed by atoms with van der Waals surface area (Å²) < 4.78 is 0. The van der Waals surface area contributed by atoms with Crippen molar-refractivity contribution in [1.82, 2.24) is 4.98 Å². The molecular weight excluding hydrogens is 442 g/mol. The highest BCUT2D eigenvalue weighted by Gasteiger charge is 2.18. The van der Waals surface area contributed by atoms with Crippen LogP contribution in [0.3, 0.4) is 0 Å². The quantitative estimate of drug-likeness (QED) is 0.520. The third-order valence-electron chi connectivity index (χ3n) is 5.53. The third kappa shape index (κ3) is 6.59. The molecular formula is C27H29N5O3. The van der Waals surface area contributed by atoms with E-state index in [4.69, 9.17) is 10.8 Å². The van der Waals surface area contributed by atoms with Crippen molar-refractivity contribution in [2.45, 2.75) is 38.8 Å². The summed E-state index contributed by atoms with van der Waals surface area (Å²) in [6.45, 7) is 3.96. The van der Waals surface area contributed by atoms with E-state index in [9.17, 15) is 9.90 Å². The Balaban J connectivity index is 0.000000207. The molecule has 0 saturated heterocycles. The third-order valence-corrected chi connectivity index (χ3v) is 5.53. The molecule has 0 radical (unpaired) electrons. The summed E-state index contributed by atoms with van der Waals surface area (Å²) in [7, 11) is 0. The van der Waals surface area contributed by atoms with E-state index in [1.165, 1.54) is 0 Å². The molecule has 8 nitrogen and oxygen atoms in total. The Bertz CT molecular complexity index is 1280. The number of allylic oxidation sites excluding steroid dienone is 8. The van der Waals surface area contributed by atoms with Crippen LogP contribution in [0.25, 0.3) is 6.08 Å². The van der Waals surface area contributed by atoms with Crippen molar-refractivity contribution >= 4 is 29.2 Å². The van der Waals surface area contributed by atoms with E-state index in [2.05, 4.69) is 20.0 Å². The summed E-state index contributed by atoms with van der Waals surface area (Å²) in [6, 6.07) is 3.65. The SMILES string of the molecule is C1=CC2=NC1=Cc1ccc([nH]1)C1=NC(=CC3=NC(=C2)C=C3)C=C1.CC(C)C[C@H](N)[C@@H](O)CC(=O)O. The molecule has 4 aliphatic heterocycles. The summed E-state index contributed by atoms with van der Waals surface area (Å²) in [6.07, 6.45) is 17.5. The average molecular weight is 472 g/mol. The van der Waals surface area contributed by atoms with Crippen LogP contribution in [0.15, 0.2) is 92.8 Å². The minimum Gasteiger partial charge on any atom is -0.481 e. The summed E-state index contributed by atoms with van der Waals surface area (Å²) in [5.74, 6) is -0.634. The van der Waals surface area contributed by atoms with Gasteiger partial charge in [-0.15, -0.1) is 0 Å². The fraction of sp³-hybridized carbons (Fsp3) is 0.259. The van der Waals surface area contributed by atoms with Crippen LogP contribution in [0, 0.1) is 5.92 Å². The van der Waals surface area contributed by atoms with Crippen molar-refractivity contribution in [1.29, 1.82) is 0 Å².